The smallest absolute Gasteiger partial charge is 0.245 e. The summed E-state index contributed by atoms with van der Waals surface area (Å²) in [5.74, 6) is 0. The zero-order valence-corrected chi connectivity index (χ0v) is 12.8. The van der Waals surface area contributed by atoms with Gasteiger partial charge in [0.15, 0.2) is 0 Å². The molecule has 0 amide bonds. The fraction of sp³-hybridized carbons (Fsp3) is 0.538. The molecule has 0 bridgehead atoms. The van der Waals surface area contributed by atoms with Crippen LogP contribution in [-0.2, 0) is 14.8 Å². The minimum absolute atomic E-state index is 0.213. The highest BCUT2D eigenvalue weighted by atomic mass is 32.2. The van der Waals surface area contributed by atoms with E-state index < -0.39 is 10.0 Å². The predicted molar refractivity (Wildman–Crippen MR) is 76.6 cm³/mol. The van der Waals surface area contributed by atoms with Gasteiger partial charge in [-0.1, -0.05) is 19.1 Å². The third kappa shape index (κ3) is 3.26. The summed E-state index contributed by atoms with van der Waals surface area (Å²) in [5.41, 5.74) is 7.72. The third-order valence-electron chi connectivity index (χ3n) is 3.11. The summed E-state index contributed by atoms with van der Waals surface area (Å²) in [6.07, 6.45) is 0. The van der Waals surface area contributed by atoms with Crippen LogP contribution in [0.2, 0.25) is 0 Å². The van der Waals surface area contributed by atoms with Gasteiger partial charge in [0.25, 0.3) is 0 Å². The van der Waals surface area contributed by atoms with Crippen molar-refractivity contribution < 1.29 is 13.2 Å². The Balaban J connectivity index is 3.30. The van der Waals surface area contributed by atoms with Gasteiger partial charge in [0.05, 0.1) is 12.3 Å². The molecule has 0 spiro atoms. The molecular formula is C13H22N2O3S. The third-order valence-corrected chi connectivity index (χ3v) is 5.28. The molecule has 2 N–H and O–H groups in total. The van der Waals surface area contributed by atoms with E-state index in [1.807, 2.05) is 6.07 Å². The lowest BCUT2D eigenvalue weighted by Gasteiger charge is -2.22. The summed E-state index contributed by atoms with van der Waals surface area (Å²) in [6, 6.07) is 3.61. The molecule has 1 aromatic carbocycles. The van der Waals surface area contributed by atoms with Crippen LogP contribution in [-0.4, -0.2) is 39.5 Å². The maximum atomic E-state index is 12.7. The first kappa shape index (κ1) is 15.9. The number of hydrogen-bond acceptors (Lipinski definition) is 4. The molecule has 6 heteroatoms. The molecule has 19 heavy (non-hydrogen) atoms. The van der Waals surface area contributed by atoms with Gasteiger partial charge in [0.1, 0.15) is 4.90 Å². The molecule has 0 fully saturated rings. The number of ether oxygens (including phenoxy) is 1. The molecule has 1 rings (SSSR count). The maximum absolute atomic E-state index is 12.7. The van der Waals surface area contributed by atoms with Gasteiger partial charge in [-0.3, -0.25) is 0 Å². The van der Waals surface area contributed by atoms with Crippen molar-refractivity contribution in [3.05, 3.63) is 23.3 Å². The molecule has 0 aliphatic carbocycles. The molecular weight excluding hydrogens is 264 g/mol. The Hall–Kier alpha value is -1.11. The van der Waals surface area contributed by atoms with Gasteiger partial charge >= 0.3 is 0 Å². The predicted octanol–water partition coefficient (Wildman–Crippen LogP) is 1.54. The zero-order chi connectivity index (χ0) is 14.6. The van der Waals surface area contributed by atoms with Crippen LogP contribution in [0.1, 0.15) is 18.1 Å². The SMILES string of the molecule is CCN(CCOC)S(=O)(=O)c1c(C)ccc(C)c1N. The topological polar surface area (TPSA) is 72.6 Å². The van der Waals surface area contributed by atoms with Crippen LogP contribution in [0.3, 0.4) is 0 Å². The molecule has 5 nitrogen and oxygen atoms in total. The number of likely N-dealkylation sites (N-methyl/N-ethyl adjacent to an activating group) is 1. The van der Waals surface area contributed by atoms with Gasteiger partial charge in [0, 0.05) is 20.2 Å². The van der Waals surface area contributed by atoms with Gasteiger partial charge in [-0.2, -0.15) is 4.31 Å². The molecule has 0 heterocycles. The zero-order valence-electron chi connectivity index (χ0n) is 11.9. The van der Waals surface area contributed by atoms with E-state index >= 15 is 0 Å². The van der Waals surface area contributed by atoms with E-state index in [-0.39, 0.29) is 4.90 Å². The second kappa shape index (κ2) is 6.36. The van der Waals surface area contributed by atoms with Gasteiger partial charge in [-0.05, 0) is 25.0 Å². The monoisotopic (exact) mass is 286 g/mol. The first-order chi connectivity index (χ1) is 8.86. The van der Waals surface area contributed by atoms with Gasteiger partial charge in [-0.15, -0.1) is 0 Å². The van der Waals surface area contributed by atoms with Crippen LogP contribution < -0.4 is 5.73 Å². The van der Waals surface area contributed by atoms with E-state index in [1.54, 1.807) is 33.9 Å². The molecule has 108 valence electrons. The molecule has 0 aliphatic heterocycles. The Kier molecular flexibility index (Phi) is 5.34. The van der Waals surface area contributed by atoms with E-state index in [1.165, 1.54) is 4.31 Å². The highest BCUT2D eigenvalue weighted by Crippen LogP contribution is 2.28. The minimum Gasteiger partial charge on any atom is -0.397 e. The number of methoxy groups -OCH3 is 1. The lowest BCUT2D eigenvalue weighted by atomic mass is 10.1. The largest absolute Gasteiger partial charge is 0.397 e. The summed E-state index contributed by atoms with van der Waals surface area (Å²) in [5, 5.41) is 0. The second-order valence-corrected chi connectivity index (χ2v) is 6.31. The van der Waals surface area contributed by atoms with Crippen LogP contribution in [0.25, 0.3) is 0 Å². The number of nitrogens with two attached hydrogens (primary N) is 1. The Morgan fingerprint density at radius 3 is 2.37 bits per heavy atom. The second-order valence-electron chi connectivity index (χ2n) is 4.43. The first-order valence-electron chi connectivity index (χ1n) is 6.21. The number of rotatable bonds is 6. The summed E-state index contributed by atoms with van der Waals surface area (Å²) >= 11 is 0. The van der Waals surface area contributed by atoms with Crippen molar-refractivity contribution in [1.82, 2.24) is 4.31 Å². The van der Waals surface area contributed by atoms with Crippen molar-refractivity contribution in [2.45, 2.75) is 25.7 Å². The normalized spacial score (nSPS) is 12.1. The molecule has 1 aromatic rings. The van der Waals surface area contributed by atoms with E-state index in [9.17, 15) is 8.42 Å². The van der Waals surface area contributed by atoms with Crippen LogP contribution in [0.5, 0.6) is 0 Å². The number of aryl methyl sites for hydroxylation is 2. The highest BCUT2D eigenvalue weighted by molar-refractivity contribution is 7.89. The number of sulfonamides is 1. The number of nitrogens with zero attached hydrogens (tertiary/aromatic N) is 1. The van der Waals surface area contributed by atoms with Gasteiger partial charge in [0.2, 0.25) is 10.0 Å². The van der Waals surface area contributed by atoms with E-state index in [4.69, 9.17) is 10.5 Å². The fourth-order valence-electron chi connectivity index (χ4n) is 1.92. The number of benzene rings is 1. The summed E-state index contributed by atoms with van der Waals surface area (Å²) in [7, 11) is -2.03. The van der Waals surface area contributed by atoms with Crippen molar-refractivity contribution in [3.63, 3.8) is 0 Å². The molecule has 0 atom stereocenters. The molecule has 0 radical (unpaired) electrons. The lowest BCUT2D eigenvalue weighted by Crippen LogP contribution is -2.34. The number of anilines is 1. The van der Waals surface area contributed by atoms with E-state index in [0.717, 1.165) is 5.56 Å². The van der Waals surface area contributed by atoms with Crippen LogP contribution in [0.4, 0.5) is 5.69 Å². The number of nitrogen functional groups attached to an aromatic ring is 1. The Labute approximate surface area is 115 Å². The van der Waals surface area contributed by atoms with Crippen molar-refractivity contribution in [3.8, 4) is 0 Å². The highest BCUT2D eigenvalue weighted by Gasteiger charge is 2.27. The maximum Gasteiger partial charge on any atom is 0.245 e. The lowest BCUT2D eigenvalue weighted by molar-refractivity contribution is 0.180. The summed E-state index contributed by atoms with van der Waals surface area (Å²) < 4.78 is 31.6. The van der Waals surface area contributed by atoms with Crippen LogP contribution >= 0.6 is 0 Å². The van der Waals surface area contributed by atoms with Crippen molar-refractivity contribution in [1.29, 1.82) is 0 Å². The molecule has 0 unspecified atom stereocenters. The molecule has 0 saturated carbocycles. The Morgan fingerprint density at radius 2 is 1.84 bits per heavy atom. The average Bonchev–Trinajstić information content (AvgIpc) is 2.34. The van der Waals surface area contributed by atoms with Crippen LogP contribution in [0, 0.1) is 13.8 Å². The average molecular weight is 286 g/mol. The molecule has 0 saturated heterocycles. The standard InChI is InChI=1S/C13H22N2O3S/c1-5-15(8-9-18-4)19(16,17)13-11(3)7-6-10(2)12(13)14/h6-7H,5,8-9,14H2,1-4H3. The quantitative estimate of drug-likeness (QED) is 0.805. The Morgan fingerprint density at radius 1 is 1.26 bits per heavy atom. The summed E-state index contributed by atoms with van der Waals surface area (Å²) in [6.45, 7) is 6.43. The van der Waals surface area contributed by atoms with E-state index in [2.05, 4.69) is 0 Å². The van der Waals surface area contributed by atoms with Crippen molar-refractivity contribution in [2.24, 2.45) is 0 Å². The van der Waals surface area contributed by atoms with E-state index in [0.29, 0.717) is 30.9 Å². The van der Waals surface area contributed by atoms with Gasteiger partial charge in [-0.25, -0.2) is 8.42 Å². The fourth-order valence-corrected chi connectivity index (χ4v) is 3.75. The number of hydrogen-bond donors (Lipinski definition) is 1. The molecule has 0 aliphatic rings. The Bertz CT molecular complexity index is 541. The molecule has 0 aromatic heterocycles. The first-order valence-corrected chi connectivity index (χ1v) is 7.65. The summed E-state index contributed by atoms with van der Waals surface area (Å²) in [4.78, 5) is 0.213. The van der Waals surface area contributed by atoms with Crippen molar-refractivity contribution >= 4 is 15.7 Å². The van der Waals surface area contributed by atoms with Crippen LogP contribution in [0.15, 0.2) is 17.0 Å². The van der Waals surface area contributed by atoms with Gasteiger partial charge < -0.3 is 10.5 Å². The minimum atomic E-state index is -3.58. The van der Waals surface area contributed by atoms with Crippen molar-refractivity contribution in [2.75, 3.05) is 32.5 Å².